The van der Waals surface area contributed by atoms with E-state index in [0.717, 1.165) is 0 Å². The van der Waals surface area contributed by atoms with Gasteiger partial charge in [-0.25, -0.2) is 0 Å². The van der Waals surface area contributed by atoms with Crippen molar-refractivity contribution in [1.82, 2.24) is 0 Å². The Labute approximate surface area is 66.2 Å². The molecule has 1 aromatic rings. The molecule has 0 aliphatic rings. The second-order valence-electron chi connectivity index (χ2n) is 1.22. The van der Waals surface area contributed by atoms with Gasteiger partial charge in [0.2, 0.25) is 0 Å². The van der Waals surface area contributed by atoms with Gasteiger partial charge in [-0.15, -0.1) is 11.3 Å². The summed E-state index contributed by atoms with van der Waals surface area (Å²) in [6.07, 6.45) is 0. The van der Waals surface area contributed by atoms with Gasteiger partial charge in [0, 0.05) is 4.88 Å². The van der Waals surface area contributed by atoms with E-state index in [-0.39, 0.29) is 0 Å². The van der Waals surface area contributed by atoms with Gasteiger partial charge in [-0.1, -0.05) is 6.07 Å². The zero-order valence-electron chi connectivity index (χ0n) is 4.55. The fourth-order valence-corrected chi connectivity index (χ4v) is 0.890. The Bertz CT molecular complexity index is 127. The third kappa shape index (κ3) is 3.32. The van der Waals surface area contributed by atoms with Crippen LogP contribution in [-0.2, 0) is 3.08 Å². The summed E-state index contributed by atoms with van der Waals surface area (Å²) in [5.74, 6) is 0. The Morgan fingerprint density at radius 3 is 2.38 bits per heavy atom. The van der Waals surface area contributed by atoms with E-state index >= 15 is 0 Å². The number of aryl methyl sites for hydroxylation is 1. The molecule has 0 aromatic carbocycles. The second kappa shape index (κ2) is 5.44. The number of hydrogen-bond donors (Lipinski definition) is 0. The maximum atomic E-state index is 8.34. The molecule has 0 saturated carbocycles. The Hall–Kier alpha value is 0.299. The van der Waals surface area contributed by atoms with Crippen LogP contribution >= 0.6 is 11.3 Å². The average Bonchev–Trinajstić information content (AvgIpc) is 2.24. The molecule has 0 fully saturated rings. The van der Waals surface area contributed by atoms with E-state index in [0.29, 0.717) is 22.5 Å². The average molecular weight is 233 g/mol. The van der Waals surface area contributed by atoms with Crippen LogP contribution in [0.3, 0.4) is 0 Å². The zero-order valence-corrected chi connectivity index (χ0v) is 8.22. The molecule has 0 unspecified atom stereocenters. The van der Waals surface area contributed by atoms with E-state index in [9.17, 15) is 0 Å². The van der Waals surface area contributed by atoms with Gasteiger partial charge in [0.25, 0.3) is 0 Å². The van der Waals surface area contributed by atoms with E-state index in [4.69, 9.17) is 3.08 Å². The molecule has 1 nitrogen and oxygen atoms in total. The molecule has 0 saturated heterocycles. The van der Waals surface area contributed by atoms with Crippen LogP contribution in [-0.4, -0.2) is 22.5 Å². The summed E-state index contributed by atoms with van der Waals surface area (Å²) in [6, 6.07) is 4.16. The minimum atomic E-state index is 0.300. The molecular formula is C5H6OSSn. The fourth-order valence-electron chi connectivity index (χ4n) is 0.361. The normalized spacial score (nSPS) is 7.12. The summed E-state index contributed by atoms with van der Waals surface area (Å²) in [5.41, 5.74) is 0. The number of hydrogen-bond acceptors (Lipinski definition) is 2. The summed E-state index contributed by atoms with van der Waals surface area (Å²) < 4.78 is 8.34. The van der Waals surface area contributed by atoms with Crippen molar-refractivity contribution in [2.45, 2.75) is 6.92 Å². The summed E-state index contributed by atoms with van der Waals surface area (Å²) in [4.78, 5) is 1.38. The predicted molar refractivity (Wildman–Crippen MR) is 35.5 cm³/mol. The van der Waals surface area contributed by atoms with Gasteiger partial charge in [-0.2, -0.15) is 0 Å². The molecule has 0 aliphatic carbocycles. The molecule has 42 valence electrons. The molecule has 0 aliphatic heterocycles. The van der Waals surface area contributed by atoms with Crippen molar-refractivity contribution in [3.05, 3.63) is 22.4 Å². The van der Waals surface area contributed by atoms with Gasteiger partial charge in [0.1, 0.15) is 0 Å². The van der Waals surface area contributed by atoms with E-state index in [1.165, 1.54) is 4.88 Å². The molecule has 0 bridgehead atoms. The van der Waals surface area contributed by atoms with Crippen LogP contribution < -0.4 is 0 Å². The van der Waals surface area contributed by atoms with E-state index in [1.807, 2.05) is 0 Å². The van der Waals surface area contributed by atoms with Crippen LogP contribution in [0.2, 0.25) is 0 Å². The number of thiophene rings is 1. The van der Waals surface area contributed by atoms with E-state index in [1.54, 1.807) is 11.3 Å². The molecule has 8 heavy (non-hydrogen) atoms. The Kier molecular flexibility index (Phi) is 5.64. The second-order valence-corrected chi connectivity index (χ2v) is 2.38. The quantitative estimate of drug-likeness (QED) is 0.621. The fraction of sp³-hybridized carbons (Fsp3) is 0.200. The Morgan fingerprint density at radius 1 is 1.62 bits per heavy atom. The molecular weight excluding hydrogens is 227 g/mol. The third-order valence-corrected chi connectivity index (χ3v) is 1.46. The maximum absolute atomic E-state index is 8.34. The van der Waals surface area contributed by atoms with Crippen molar-refractivity contribution in [3.63, 3.8) is 0 Å². The van der Waals surface area contributed by atoms with Crippen molar-refractivity contribution < 1.29 is 3.08 Å². The van der Waals surface area contributed by atoms with Crippen LogP contribution in [0.4, 0.5) is 0 Å². The molecule has 0 atom stereocenters. The van der Waals surface area contributed by atoms with Crippen LogP contribution in [0.5, 0.6) is 0 Å². The van der Waals surface area contributed by atoms with Crippen molar-refractivity contribution in [1.29, 1.82) is 0 Å². The van der Waals surface area contributed by atoms with Crippen LogP contribution in [0.1, 0.15) is 4.88 Å². The van der Waals surface area contributed by atoms with E-state index in [2.05, 4.69) is 24.4 Å². The molecule has 2 radical (unpaired) electrons. The third-order valence-electron chi connectivity index (χ3n) is 0.663. The first kappa shape index (κ1) is 8.30. The van der Waals surface area contributed by atoms with Crippen molar-refractivity contribution in [3.8, 4) is 0 Å². The molecule has 1 heterocycles. The predicted octanol–water partition coefficient (Wildman–Crippen LogP) is 1.56. The minimum absolute atomic E-state index is 0.300. The van der Waals surface area contributed by atoms with Crippen LogP contribution in [0, 0.1) is 6.92 Å². The first-order chi connectivity index (χ1) is 3.89. The monoisotopic (exact) mass is 234 g/mol. The SMILES string of the molecule is Cc1cccs1.[O]=[Sn]. The summed E-state index contributed by atoms with van der Waals surface area (Å²) in [7, 11) is 0. The van der Waals surface area contributed by atoms with Crippen molar-refractivity contribution in [2.24, 2.45) is 0 Å². The molecule has 1 aromatic heterocycles. The van der Waals surface area contributed by atoms with Crippen molar-refractivity contribution in [2.75, 3.05) is 0 Å². The van der Waals surface area contributed by atoms with Gasteiger partial charge in [-0.3, -0.25) is 0 Å². The first-order valence-electron chi connectivity index (χ1n) is 2.10. The van der Waals surface area contributed by atoms with Gasteiger partial charge in [0.15, 0.2) is 0 Å². The summed E-state index contributed by atoms with van der Waals surface area (Å²) in [6.45, 7) is 2.10. The molecule has 1 rings (SSSR count). The Balaban J connectivity index is 0.000000222. The molecule has 0 amide bonds. The van der Waals surface area contributed by atoms with Gasteiger partial charge in [-0.05, 0) is 18.4 Å². The summed E-state index contributed by atoms with van der Waals surface area (Å²) >= 11 is 2.08. The standard InChI is InChI=1S/C5H6S.O.Sn/c1-5-3-2-4-6-5;;/h2-4H,1H3;;. The van der Waals surface area contributed by atoms with Crippen LogP contribution in [0.15, 0.2) is 17.5 Å². The van der Waals surface area contributed by atoms with Gasteiger partial charge >= 0.3 is 25.6 Å². The van der Waals surface area contributed by atoms with Gasteiger partial charge in [0.05, 0.1) is 0 Å². The molecule has 0 spiro atoms. The van der Waals surface area contributed by atoms with E-state index < -0.39 is 0 Å². The van der Waals surface area contributed by atoms with Gasteiger partial charge < -0.3 is 0 Å². The number of rotatable bonds is 0. The zero-order chi connectivity index (χ0) is 6.41. The Morgan fingerprint density at radius 2 is 2.25 bits per heavy atom. The van der Waals surface area contributed by atoms with Crippen LogP contribution in [0.25, 0.3) is 0 Å². The van der Waals surface area contributed by atoms with Crippen molar-refractivity contribution >= 4 is 33.8 Å². The summed E-state index contributed by atoms with van der Waals surface area (Å²) in [5, 5.41) is 2.08. The first-order valence-corrected chi connectivity index (χ1v) is 4.14. The topological polar surface area (TPSA) is 17.1 Å². The molecule has 0 N–H and O–H groups in total. The molecule has 3 heteroatoms.